The molecule has 1 aromatic carbocycles. The fourth-order valence-corrected chi connectivity index (χ4v) is 1.92. The lowest BCUT2D eigenvalue weighted by atomic mass is 9.97. The Balaban J connectivity index is 2.60. The van der Waals surface area contributed by atoms with Gasteiger partial charge < -0.3 is 4.74 Å². The van der Waals surface area contributed by atoms with Crippen molar-refractivity contribution in [3.63, 3.8) is 0 Å². The lowest BCUT2D eigenvalue weighted by Gasteiger charge is -2.10. The van der Waals surface area contributed by atoms with E-state index in [2.05, 4.69) is 11.1 Å². The van der Waals surface area contributed by atoms with Gasteiger partial charge in [-0.25, -0.2) is 4.79 Å². The highest BCUT2D eigenvalue weighted by atomic mass is 16.5. The first kappa shape index (κ1) is 12.8. The highest BCUT2D eigenvalue weighted by Gasteiger charge is 2.15. The fraction of sp³-hybridized carbons (Fsp3) is 0.133. The molecule has 0 saturated heterocycles. The van der Waals surface area contributed by atoms with Gasteiger partial charge >= 0.3 is 5.97 Å². The highest BCUT2D eigenvalue weighted by Crippen LogP contribution is 2.27. The monoisotopic (exact) mass is 252 g/mol. The molecule has 0 spiro atoms. The molecule has 2 rings (SSSR count). The summed E-state index contributed by atoms with van der Waals surface area (Å²) in [5, 5.41) is 8.80. The summed E-state index contributed by atoms with van der Waals surface area (Å²) in [7, 11) is 1.34. The van der Waals surface area contributed by atoms with Gasteiger partial charge in [0.2, 0.25) is 0 Å². The standard InChI is InChI=1S/C15H12N2O2/c1-10-8-17-9-13(15(18)19-2)14(10)12-5-3-11(7-16)4-6-12/h3-6,8-9H,1-2H3. The quantitative estimate of drug-likeness (QED) is 0.771. The van der Waals surface area contributed by atoms with Gasteiger partial charge in [-0.1, -0.05) is 12.1 Å². The Morgan fingerprint density at radius 1 is 1.26 bits per heavy atom. The van der Waals surface area contributed by atoms with E-state index in [0.717, 1.165) is 16.7 Å². The van der Waals surface area contributed by atoms with Crippen LogP contribution in [0.4, 0.5) is 0 Å². The van der Waals surface area contributed by atoms with Crippen LogP contribution in [0.25, 0.3) is 11.1 Å². The summed E-state index contributed by atoms with van der Waals surface area (Å²) < 4.78 is 4.77. The average molecular weight is 252 g/mol. The largest absolute Gasteiger partial charge is 0.465 e. The summed E-state index contributed by atoms with van der Waals surface area (Å²) in [5.74, 6) is -0.421. The molecule has 19 heavy (non-hydrogen) atoms. The van der Waals surface area contributed by atoms with Crippen LogP contribution in [-0.2, 0) is 4.74 Å². The zero-order valence-corrected chi connectivity index (χ0v) is 10.7. The third-order valence-corrected chi connectivity index (χ3v) is 2.84. The number of esters is 1. The van der Waals surface area contributed by atoms with Gasteiger partial charge in [-0.2, -0.15) is 5.26 Å². The molecular formula is C15H12N2O2. The van der Waals surface area contributed by atoms with Crippen molar-refractivity contribution in [1.29, 1.82) is 5.26 Å². The van der Waals surface area contributed by atoms with Crippen LogP contribution in [0.1, 0.15) is 21.5 Å². The maximum atomic E-state index is 11.8. The minimum absolute atomic E-state index is 0.421. The second kappa shape index (κ2) is 5.32. The number of benzene rings is 1. The van der Waals surface area contributed by atoms with Crippen LogP contribution >= 0.6 is 0 Å². The minimum Gasteiger partial charge on any atom is -0.465 e. The highest BCUT2D eigenvalue weighted by molar-refractivity contribution is 5.97. The summed E-state index contributed by atoms with van der Waals surface area (Å²) in [6.45, 7) is 1.88. The molecule has 0 saturated carbocycles. The van der Waals surface area contributed by atoms with Gasteiger partial charge in [-0.05, 0) is 30.2 Å². The first-order valence-electron chi connectivity index (χ1n) is 5.71. The normalized spacial score (nSPS) is 9.74. The van der Waals surface area contributed by atoms with Gasteiger partial charge in [0.05, 0.1) is 24.3 Å². The predicted molar refractivity (Wildman–Crippen MR) is 70.5 cm³/mol. The van der Waals surface area contributed by atoms with Gasteiger partial charge in [-0.3, -0.25) is 4.98 Å². The van der Waals surface area contributed by atoms with Gasteiger partial charge in [0.15, 0.2) is 0 Å². The second-order valence-electron chi connectivity index (χ2n) is 4.06. The first-order valence-corrected chi connectivity index (χ1v) is 5.71. The van der Waals surface area contributed by atoms with Crippen molar-refractivity contribution in [2.24, 2.45) is 0 Å². The smallest absolute Gasteiger partial charge is 0.340 e. The number of aryl methyl sites for hydroxylation is 1. The van der Waals surface area contributed by atoms with E-state index in [-0.39, 0.29) is 0 Å². The van der Waals surface area contributed by atoms with Gasteiger partial charge in [0, 0.05) is 18.0 Å². The number of aromatic nitrogens is 1. The molecular weight excluding hydrogens is 240 g/mol. The molecule has 0 bridgehead atoms. The van der Waals surface area contributed by atoms with Crippen LogP contribution in [0.5, 0.6) is 0 Å². The van der Waals surface area contributed by atoms with E-state index in [4.69, 9.17) is 10.00 Å². The molecule has 0 fully saturated rings. The lowest BCUT2D eigenvalue weighted by molar-refractivity contribution is 0.0601. The van der Waals surface area contributed by atoms with Crippen LogP contribution in [0.15, 0.2) is 36.7 Å². The number of pyridine rings is 1. The molecule has 0 aliphatic carbocycles. The number of ether oxygens (including phenoxy) is 1. The minimum atomic E-state index is -0.421. The second-order valence-corrected chi connectivity index (χ2v) is 4.06. The fourth-order valence-electron chi connectivity index (χ4n) is 1.92. The van der Waals surface area contributed by atoms with E-state index in [1.807, 2.05) is 19.1 Å². The van der Waals surface area contributed by atoms with E-state index >= 15 is 0 Å². The Kier molecular flexibility index (Phi) is 3.58. The number of rotatable bonds is 2. The molecule has 1 aromatic heterocycles. The van der Waals surface area contributed by atoms with Crippen LogP contribution in [0.2, 0.25) is 0 Å². The molecule has 2 aromatic rings. The predicted octanol–water partition coefficient (Wildman–Crippen LogP) is 2.72. The van der Waals surface area contributed by atoms with Crippen molar-refractivity contribution in [2.45, 2.75) is 6.92 Å². The molecule has 4 nitrogen and oxygen atoms in total. The molecule has 0 aliphatic heterocycles. The zero-order chi connectivity index (χ0) is 13.8. The summed E-state index contributed by atoms with van der Waals surface area (Å²) in [4.78, 5) is 15.8. The SMILES string of the molecule is COC(=O)c1cncc(C)c1-c1ccc(C#N)cc1. The van der Waals surface area contributed by atoms with Gasteiger partial charge in [-0.15, -0.1) is 0 Å². The number of nitriles is 1. The van der Waals surface area contributed by atoms with Crippen molar-refractivity contribution in [2.75, 3.05) is 7.11 Å². The molecule has 0 unspecified atom stereocenters. The van der Waals surface area contributed by atoms with Gasteiger partial charge in [0.1, 0.15) is 0 Å². The summed E-state index contributed by atoms with van der Waals surface area (Å²) in [6.07, 6.45) is 3.19. The Labute approximate surface area is 111 Å². The van der Waals surface area contributed by atoms with E-state index < -0.39 is 5.97 Å². The summed E-state index contributed by atoms with van der Waals surface area (Å²) in [5.41, 5.74) is 3.53. The lowest BCUT2D eigenvalue weighted by Crippen LogP contribution is -2.05. The number of methoxy groups -OCH3 is 1. The molecule has 0 atom stereocenters. The van der Waals surface area contributed by atoms with E-state index in [1.165, 1.54) is 13.3 Å². The first-order chi connectivity index (χ1) is 9.17. The molecule has 0 aliphatic rings. The van der Waals surface area contributed by atoms with Crippen LogP contribution in [0.3, 0.4) is 0 Å². The maximum Gasteiger partial charge on any atom is 0.340 e. The van der Waals surface area contributed by atoms with E-state index in [0.29, 0.717) is 11.1 Å². The number of hydrogen-bond donors (Lipinski definition) is 0. The topological polar surface area (TPSA) is 63.0 Å². The molecule has 1 heterocycles. The Morgan fingerprint density at radius 2 is 1.95 bits per heavy atom. The third-order valence-electron chi connectivity index (χ3n) is 2.84. The van der Waals surface area contributed by atoms with Crippen molar-refractivity contribution in [3.05, 3.63) is 53.3 Å². The Morgan fingerprint density at radius 3 is 2.53 bits per heavy atom. The van der Waals surface area contributed by atoms with Crippen molar-refractivity contribution in [1.82, 2.24) is 4.98 Å². The van der Waals surface area contributed by atoms with Crippen molar-refractivity contribution >= 4 is 5.97 Å². The molecule has 94 valence electrons. The average Bonchev–Trinajstić information content (AvgIpc) is 2.46. The van der Waals surface area contributed by atoms with E-state index in [9.17, 15) is 4.79 Å². The van der Waals surface area contributed by atoms with Crippen molar-refractivity contribution < 1.29 is 9.53 Å². The van der Waals surface area contributed by atoms with Crippen LogP contribution in [-0.4, -0.2) is 18.1 Å². The molecule has 0 radical (unpaired) electrons. The number of hydrogen-bond acceptors (Lipinski definition) is 4. The third kappa shape index (κ3) is 2.45. The Bertz CT molecular complexity index is 655. The summed E-state index contributed by atoms with van der Waals surface area (Å²) in [6, 6.07) is 9.13. The maximum absolute atomic E-state index is 11.8. The number of carbonyl (C=O) groups is 1. The van der Waals surface area contributed by atoms with Crippen molar-refractivity contribution in [3.8, 4) is 17.2 Å². The molecule has 0 amide bonds. The summed E-state index contributed by atoms with van der Waals surface area (Å²) >= 11 is 0. The molecule has 0 N–H and O–H groups in total. The van der Waals surface area contributed by atoms with Crippen LogP contribution in [0, 0.1) is 18.3 Å². The number of nitrogens with zero attached hydrogens (tertiary/aromatic N) is 2. The zero-order valence-electron chi connectivity index (χ0n) is 10.7. The van der Waals surface area contributed by atoms with Gasteiger partial charge in [0.25, 0.3) is 0 Å². The Hall–Kier alpha value is -2.67. The van der Waals surface area contributed by atoms with Crippen LogP contribution < -0.4 is 0 Å². The number of carbonyl (C=O) groups excluding carboxylic acids is 1. The van der Waals surface area contributed by atoms with E-state index in [1.54, 1.807) is 18.3 Å². The molecule has 4 heteroatoms.